The van der Waals surface area contributed by atoms with E-state index in [1.807, 2.05) is 18.2 Å². The highest BCUT2D eigenvalue weighted by atomic mass is 32.2. The van der Waals surface area contributed by atoms with E-state index in [0.717, 1.165) is 5.56 Å². The van der Waals surface area contributed by atoms with Gasteiger partial charge < -0.3 is 0 Å². The van der Waals surface area contributed by atoms with Crippen molar-refractivity contribution in [2.24, 2.45) is 0 Å². The summed E-state index contributed by atoms with van der Waals surface area (Å²) in [5, 5.41) is 0. The third-order valence-corrected chi connectivity index (χ3v) is 6.68. The highest BCUT2D eigenvalue weighted by molar-refractivity contribution is 7.92. The van der Waals surface area contributed by atoms with Crippen LogP contribution in [0.1, 0.15) is 43.2 Å². The quantitative estimate of drug-likeness (QED) is 0.778. The summed E-state index contributed by atoms with van der Waals surface area (Å²) in [4.78, 5) is 2.38. The topological polar surface area (TPSA) is 49.4 Å². The van der Waals surface area contributed by atoms with Crippen molar-refractivity contribution in [1.29, 1.82) is 0 Å². The Morgan fingerprint density at radius 2 is 1.81 bits per heavy atom. The Kier molecular flexibility index (Phi) is 6.17. The standard InChI is InChI=1S/C21H27FN2O2S/c1-16-14-19(12-13-20(16)22)27(25,26)23-21-11-7-6-8-17(21)15-24(2)18-9-4-3-5-10-18/h6-8,11-14,18,23H,3-5,9-10,15H2,1-2H3. The first-order valence-electron chi connectivity index (χ1n) is 9.44. The van der Waals surface area contributed by atoms with Crippen LogP contribution >= 0.6 is 0 Å². The lowest BCUT2D eigenvalue weighted by atomic mass is 9.94. The Balaban J connectivity index is 1.79. The molecule has 0 saturated heterocycles. The second-order valence-electron chi connectivity index (χ2n) is 7.38. The van der Waals surface area contributed by atoms with Crippen molar-refractivity contribution in [3.05, 3.63) is 59.4 Å². The van der Waals surface area contributed by atoms with Crippen molar-refractivity contribution in [3.8, 4) is 0 Å². The maximum atomic E-state index is 13.5. The molecule has 2 aromatic rings. The molecule has 0 atom stereocenters. The van der Waals surface area contributed by atoms with Crippen molar-refractivity contribution >= 4 is 15.7 Å². The molecule has 0 spiro atoms. The fourth-order valence-corrected chi connectivity index (χ4v) is 4.85. The molecule has 4 nitrogen and oxygen atoms in total. The predicted molar refractivity (Wildman–Crippen MR) is 107 cm³/mol. The smallest absolute Gasteiger partial charge is 0.261 e. The number of para-hydroxylation sites is 1. The monoisotopic (exact) mass is 390 g/mol. The summed E-state index contributed by atoms with van der Waals surface area (Å²) >= 11 is 0. The van der Waals surface area contributed by atoms with Gasteiger partial charge in [0.1, 0.15) is 5.82 Å². The van der Waals surface area contributed by atoms with E-state index in [1.165, 1.54) is 50.3 Å². The van der Waals surface area contributed by atoms with Crippen molar-refractivity contribution in [3.63, 3.8) is 0 Å². The molecule has 0 radical (unpaired) electrons. The maximum absolute atomic E-state index is 13.5. The molecule has 0 unspecified atom stereocenters. The molecule has 1 aliphatic rings. The third-order valence-electron chi connectivity index (χ3n) is 5.32. The van der Waals surface area contributed by atoms with Gasteiger partial charge in [0, 0.05) is 12.6 Å². The molecule has 3 rings (SSSR count). The maximum Gasteiger partial charge on any atom is 0.261 e. The van der Waals surface area contributed by atoms with E-state index in [1.54, 1.807) is 13.0 Å². The van der Waals surface area contributed by atoms with Gasteiger partial charge in [0.15, 0.2) is 0 Å². The number of hydrogen-bond donors (Lipinski definition) is 1. The van der Waals surface area contributed by atoms with Crippen molar-refractivity contribution < 1.29 is 12.8 Å². The summed E-state index contributed by atoms with van der Waals surface area (Å²) in [5.74, 6) is -0.413. The number of halogens is 1. The van der Waals surface area contributed by atoms with Crippen molar-refractivity contribution in [2.75, 3.05) is 11.8 Å². The molecule has 1 fully saturated rings. The fraction of sp³-hybridized carbons (Fsp3) is 0.429. The summed E-state index contributed by atoms with van der Waals surface area (Å²) in [6.07, 6.45) is 6.21. The summed E-state index contributed by atoms with van der Waals surface area (Å²) in [5.41, 5.74) is 1.82. The minimum absolute atomic E-state index is 0.0665. The van der Waals surface area contributed by atoms with Gasteiger partial charge in [0.25, 0.3) is 10.0 Å². The lowest BCUT2D eigenvalue weighted by Gasteiger charge is -2.31. The Bertz CT molecular complexity index is 893. The summed E-state index contributed by atoms with van der Waals surface area (Å²) in [6, 6.07) is 11.8. The van der Waals surface area contributed by atoms with Gasteiger partial charge in [-0.3, -0.25) is 9.62 Å². The number of aryl methyl sites for hydroxylation is 1. The van der Waals surface area contributed by atoms with Crippen LogP contribution in [-0.2, 0) is 16.6 Å². The average Bonchev–Trinajstić information content (AvgIpc) is 2.66. The molecule has 0 amide bonds. The van der Waals surface area contributed by atoms with Gasteiger partial charge >= 0.3 is 0 Å². The molecule has 1 saturated carbocycles. The molecule has 0 bridgehead atoms. The van der Waals surface area contributed by atoms with Crippen LogP contribution in [0.25, 0.3) is 0 Å². The molecule has 0 aliphatic heterocycles. The minimum atomic E-state index is -3.77. The Hall–Kier alpha value is -1.92. The van der Waals surface area contributed by atoms with E-state index >= 15 is 0 Å². The number of sulfonamides is 1. The number of nitrogens with one attached hydrogen (secondary N) is 1. The van der Waals surface area contributed by atoms with Crippen LogP contribution in [0, 0.1) is 12.7 Å². The number of benzene rings is 2. The SMILES string of the molecule is Cc1cc(S(=O)(=O)Nc2ccccc2CN(C)C2CCCCC2)ccc1F. The number of rotatable bonds is 6. The molecular formula is C21H27FN2O2S. The predicted octanol–water partition coefficient (Wildman–Crippen LogP) is 4.70. The normalized spacial score (nSPS) is 15.9. The molecule has 6 heteroatoms. The molecule has 0 aromatic heterocycles. The second-order valence-corrected chi connectivity index (χ2v) is 9.06. The average molecular weight is 391 g/mol. The molecule has 1 aliphatic carbocycles. The summed E-state index contributed by atoms with van der Waals surface area (Å²) in [7, 11) is -1.67. The van der Waals surface area contributed by atoms with Crippen LogP contribution in [0.3, 0.4) is 0 Å². The molecular weight excluding hydrogens is 363 g/mol. The van der Waals surface area contributed by atoms with Crippen LogP contribution in [0.2, 0.25) is 0 Å². The molecule has 0 heterocycles. The highest BCUT2D eigenvalue weighted by Crippen LogP contribution is 2.26. The van der Waals surface area contributed by atoms with Gasteiger partial charge in [0.05, 0.1) is 10.6 Å². The van der Waals surface area contributed by atoms with E-state index in [0.29, 0.717) is 23.8 Å². The van der Waals surface area contributed by atoms with Crippen LogP contribution in [0.4, 0.5) is 10.1 Å². The van der Waals surface area contributed by atoms with Gasteiger partial charge in [-0.1, -0.05) is 37.5 Å². The molecule has 27 heavy (non-hydrogen) atoms. The van der Waals surface area contributed by atoms with Crippen LogP contribution in [-0.4, -0.2) is 26.4 Å². The second kappa shape index (κ2) is 8.40. The lowest BCUT2D eigenvalue weighted by Crippen LogP contribution is -2.33. The molecule has 1 N–H and O–H groups in total. The molecule has 2 aromatic carbocycles. The van der Waals surface area contributed by atoms with Crippen molar-refractivity contribution in [1.82, 2.24) is 4.90 Å². The number of anilines is 1. The first kappa shape index (κ1) is 19.8. The zero-order valence-corrected chi connectivity index (χ0v) is 16.7. The van der Waals surface area contributed by atoms with Gasteiger partial charge in [-0.2, -0.15) is 0 Å². The van der Waals surface area contributed by atoms with Crippen molar-refractivity contribution in [2.45, 2.75) is 56.5 Å². The minimum Gasteiger partial charge on any atom is -0.299 e. The number of nitrogens with zero attached hydrogens (tertiary/aromatic N) is 1. The summed E-state index contributed by atoms with van der Waals surface area (Å²) in [6.45, 7) is 2.24. The van der Waals surface area contributed by atoms with Gasteiger partial charge in [-0.05, 0) is 62.2 Å². The largest absolute Gasteiger partial charge is 0.299 e. The zero-order valence-electron chi connectivity index (χ0n) is 15.9. The van der Waals surface area contributed by atoms with Crippen LogP contribution in [0.15, 0.2) is 47.4 Å². The van der Waals surface area contributed by atoms with Gasteiger partial charge in [-0.25, -0.2) is 12.8 Å². The number of hydrogen-bond acceptors (Lipinski definition) is 3. The van der Waals surface area contributed by atoms with E-state index in [4.69, 9.17) is 0 Å². The zero-order chi connectivity index (χ0) is 19.4. The van der Waals surface area contributed by atoms with Crippen LogP contribution in [0.5, 0.6) is 0 Å². The molecule has 146 valence electrons. The first-order chi connectivity index (χ1) is 12.9. The van der Waals surface area contributed by atoms with Gasteiger partial charge in [-0.15, -0.1) is 0 Å². The third kappa shape index (κ3) is 4.87. The highest BCUT2D eigenvalue weighted by Gasteiger charge is 2.21. The Morgan fingerprint density at radius 1 is 1.11 bits per heavy atom. The van der Waals surface area contributed by atoms with E-state index in [2.05, 4.69) is 16.7 Å². The summed E-state index contributed by atoms with van der Waals surface area (Å²) < 4.78 is 41.7. The van der Waals surface area contributed by atoms with Gasteiger partial charge in [0.2, 0.25) is 0 Å². The van der Waals surface area contributed by atoms with E-state index in [-0.39, 0.29) is 4.90 Å². The first-order valence-corrected chi connectivity index (χ1v) is 10.9. The van der Waals surface area contributed by atoms with E-state index in [9.17, 15) is 12.8 Å². The fourth-order valence-electron chi connectivity index (χ4n) is 3.67. The van der Waals surface area contributed by atoms with Crippen LogP contribution < -0.4 is 4.72 Å². The Labute approximate surface area is 161 Å². The van der Waals surface area contributed by atoms with E-state index < -0.39 is 15.8 Å². The Morgan fingerprint density at radius 3 is 2.52 bits per heavy atom. The lowest BCUT2D eigenvalue weighted by molar-refractivity contribution is 0.185.